The van der Waals surface area contributed by atoms with Gasteiger partial charge in [-0.1, -0.05) is 32.9 Å². The van der Waals surface area contributed by atoms with Crippen LogP contribution < -0.4 is 5.32 Å². The summed E-state index contributed by atoms with van der Waals surface area (Å²) in [6.07, 6.45) is 0. The fraction of sp³-hybridized carbons (Fsp3) is 0.571. The van der Waals surface area contributed by atoms with Gasteiger partial charge in [0.25, 0.3) is 0 Å². The second-order valence-electron chi connectivity index (χ2n) is 6.70. The lowest BCUT2D eigenvalue weighted by Crippen LogP contribution is -2.43. The van der Waals surface area contributed by atoms with Crippen molar-refractivity contribution in [2.45, 2.75) is 50.5 Å². The van der Waals surface area contributed by atoms with Crippen molar-refractivity contribution in [1.29, 1.82) is 0 Å². The Labute approximate surface area is 110 Å². The van der Waals surface area contributed by atoms with Gasteiger partial charge in [-0.2, -0.15) is 0 Å². The van der Waals surface area contributed by atoms with Gasteiger partial charge in [0.05, 0.1) is 16.3 Å². The van der Waals surface area contributed by atoms with Gasteiger partial charge < -0.3 is 5.32 Å². The highest BCUT2D eigenvalue weighted by Crippen LogP contribution is 2.39. The summed E-state index contributed by atoms with van der Waals surface area (Å²) < 4.78 is 24.7. The smallest absolute Gasteiger partial charge is 0.182 e. The molecule has 0 radical (unpaired) electrons. The number of sulfone groups is 1. The maximum atomic E-state index is 12.3. The van der Waals surface area contributed by atoms with Crippen LogP contribution in [-0.2, 0) is 15.3 Å². The molecule has 100 valence electrons. The van der Waals surface area contributed by atoms with Gasteiger partial charge >= 0.3 is 0 Å². The minimum absolute atomic E-state index is 0.0821. The number of nitrogens with one attached hydrogen (secondary N) is 1. The standard InChI is InChI=1S/C14H21NO2S/c1-13(2,3)10-7-6-8-11-12(10)15-14(4,5)9-18(11,16)17/h6-8,15H,9H2,1-5H3. The van der Waals surface area contributed by atoms with Crippen LogP contribution in [0.5, 0.6) is 0 Å². The van der Waals surface area contributed by atoms with E-state index in [4.69, 9.17) is 0 Å². The molecule has 1 aliphatic heterocycles. The lowest BCUT2D eigenvalue weighted by Gasteiger charge is -2.36. The predicted molar refractivity (Wildman–Crippen MR) is 74.9 cm³/mol. The number of benzene rings is 1. The summed E-state index contributed by atoms with van der Waals surface area (Å²) in [4.78, 5) is 0.439. The largest absolute Gasteiger partial charge is 0.378 e. The Hall–Kier alpha value is -1.03. The molecule has 0 saturated heterocycles. The molecule has 0 unspecified atom stereocenters. The molecule has 0 atom stereocenters. The Bertz CT molecular complexity index is 580. The van der Waals surface area contributed by atoms with E-state index < -0.39 is 15.4 Å². The minimum Gasteiger partial charge on any atom is -0.378 e. The molecular weight excluding hydrogens is 246 g/mol. The van der Waals surface area contributed by atoms with Crippen molar-refractivity contribution in [2.75, 3.05) is 11.1 Å². The maximum Gasteiger partial charge on any atom is 0.182 e. The summed E-state index contributed by atoms with van der Waals surface area (Å²) in [7, 11) is -3.19. The van der Waals surface area contributed by atoms with Crippen molar-refractivity contribution in [3.8, 4) is 0 Å². The van der Waals surface area contributed by atoms with Gasteiger partial charge in [0, 0.05) is 5.54 Å². The predicted octanol–water partition coefficient (Wildman–Crippen LogP) is 2.96. The van der Waals surface area contributed by atoms with E-state index in [2.05, 4.69) is 26.1 Å². The Balaban J connectivity index is 2.74. The summed E-state index contributed by atoms with van der Waals surface area (Å²) >= 11 is 0. The number of anilines is 1. The van der Waals surface area contributed by atoms with Crippen molar-refractivity contribution in [3.05, 3.63) is 23.8 Å². The fourth-order valence-corrected chi connectivity index (χ4v) is 4.41. The van der Waals surface area contributed by atoms with Crippen LogP contribution in [0.2, 0.25) is 0 Å². The second-order valence-corrected chi connectivity index (χ2v) is 8.65. The highest BCUT2D eigenvalue weighted by molar-refractivity contribution is 7.91. The highest BCUT2D eigenvalue weighted by atomic mass is 32.2. The van der Waals surface area contributed by atoms with Gasteiger partial charge in [-0.15, -0.1) is 0 Å². The molecule has 1 aliphatic rings. The number of fused-ring (bicyclic) bond motifs is 1. The molecule has 0 aromatic heterocycles. The average molecular weight is 267 g/mol. The van der Waals surface area contributed by atoms with Crippen LogP contribution in [0.25, 0.3) is 0 Å². The first-order valence-electron chi connectivity index (χ1n) is 6.17. The molecule has 1 heterocycles. The van der Waals surface area contributed by atoms with Crippen LogP contribution in [0.3, 0.4) is 0 Å². The molecule has 4 heteroatoms. The lowest BCUT2D eigenvalue weighted by molar-refractivity contribution is 0.546. The normalized spacial score (nSPS) is 20.9. The van der Waals surface area contributed by atoms with Gasteiger partial charge in [0.2, 0.25) is 0 Å². The van der Waals surface area contributed by atoms with Crippen LogP contribution in [-0.4, -0.2) is 19.7 Å². The van der Waals surface area contributed by atoms with Crippen molar-refractivity contribution >= 4 is 15.5 Å². The number of para-hydroxylation sites is 1. The summed E-state index contributed by atoms with van der Waals surface area (Å²) in [5.74, 6) is 0.139. The molecule has 0 amide bonds. The third-order valence-electron chi connectivity index (χ3n) is 3.18. The van der Waals surface area contributed by atoms with Crippen LogP contribution in [0.4, 0.5) is 5.69 Å². The first-order chi connectivity index (χ1) is 8.03. The van der Waals surface area contributed by atoms with E-state index in [-0.39, 0.29) is 11.2 Å². The van der Waals surface area contributed by atoms with Crippen LogP contribution in [0.15, 0.2) is 23.1 Å². The van der Waals surface area contributed by atoms with Crippen molar-refractivity contribution < 1.29 is 8.42 Å². The zero-order valence-electron chi connectivity index (χ0n) is 11.7. The summed E-state index contributed by atoms with van der Waals surface area (Å²) in [5.41, 5.74) is 1.33. The van der Waals surface area contributed by atoms with Gasteiger partial charge in [0.1, 0.15) is 0 Å². The topological polar surface area (TPSA) is 46.2 Å². The number of rotatable bonds is 0. The molecular formula is C14H21NO2S. The monoisotopic (exact) mass is 267 g/mol. The first-order valence-corrected chi connectivity index (χ1v) is 7.83. The van der Waals surface area contributed by atoms with Gasteiger partial charge in [0.15, 0.2) is 9.84 Å². The summed E-state index contributed by atoms with van der Waals surface area (Å²) in [6, 6.07) is 5.53. The molecule has 1 N–H and O–H groups in total. The molecule has 0 bridgehead atoms. The number of hydrogen-bond acceptors (Lipinski definition) is 3. The summed E-state index contributed by atoms with van der Waals surface area (Å²) in [5, 5.41) is 3.39. The molecule has 3 nitrogen and oxygen atoms in total. The zero-order valence-corrected chi connectivity index (χ0v) is 12.5. The van der Waals surface area contributed by atoms with Gasteiger partial charge in [-0.25, -0.2) is 8.42 Å². The summed E-state index contributed by atoms with van der Waals surface area (Å²) in [6.45, 7) is 10.1. The Kier molecular flexibility index (Phi) is 2.78. The van der Waals surface area contributed by atoms with E-state index in [0.29, 0.717) is 4.90 Å². The Morgan fingerprint density at radius 1 is 1.22 bits per heavy atom. The van der Waals surface area contributed by atoms with Gasteiger partial charge in [-0.3, -0.25) is 0 Å². The molecule has 18 heavy (non-hydrogen) atoms. The van der Waals surface area contributed by atoms with Crippen LogP contribution >= 0.6 is 0 Å². The third-order valence-corrected chi connectivity index (χ3v) is 5.30. The SMILES string of the molecule is CC1(C)CS(=O)(=O)c2cccc(C(C)(C)C)c2N1. The molecule has 1 aromatic carbocycles. The van der Waals surface area contributed by atoms with Gasteiger partial charge in [-0.05, 0) is 30.9 Å². The van der Waals surface area contributed by atoms with Crippen LogP contribution in [0.1, 0.15) is 40.2 Å². The second kappa shape index (κ2) is 3.73. The Morgan fingerprint density at radius 2 is 1.83 bits per heavy atom. The minimum atomic E-state index is -3.19. The molecule has 0 saturated carbocycles. The van der Waals surface area contributed by atoms with E-state index in [0.717, 1.165) is 11.3 Å². The van der Waals surface area contributed by atoms with E-state index in [1.165, 1.54) is 0 Å². The van der Waals surface area contributed by atoms with E-state index >= 15 is 0 Å². The molecule has 1 aromatic rings. The van der Waals surface area contributed by atoms with E-state index in [1.807, 2.05) is 26.0 Å². The van der Waals surface area contributed by atoms with Crippen molar-refractivity contribution in [1.82, 2.24) is 0 Å². The Morgan fingerprint density at radius 3 is 2.39 bits per heavy atom. The maximum absolute atomic E-state index is 12.3. The third kappa shape index (κ3) is 2.26. The molecule has 0 spiro atoms. The fourth-order valence-electron chi connectivity index (χ4n) is 2.47. The highest BCUT2D eigenvalue weighted by Gasteiger charge is 2.37. The van der Waals surface area contributed by atoms with Crippen molar-refractivity contribution in [3.63, 3.8) is 0 Å². The molecule has 0 fully saturated rings. The number of hydrogen-bond donors (Lipinski definition) is 1. The van der Waals surface area contributed by atoms with E-state index in [9.17, 15) is 8.42 Å². The first kappa shape index (κ1) is 13.4. The molecule has 0 aliphatic carbocycles. The average Bonchev–Trinajstić information content (AvgIpc) is 2.11. The van der Waals surface area contributed by atoms with E-state index in [1.54, 1.807) is 6.07 Å². The quantitative estimate of drug-likeness (QED) is 0.786. The molecule has 2 rings (SSSR count). The van der Waals surface area contributed by atoms with Crippen molar-refractivity contribution in [2.24, 2.45) is 0 Å². The van der Waals surface area contributed by atoms with Crippen LogP contribution in [0, 0.1) is 0 Å². The lowest BCUT2D eigenvalue weighted by atomic mass is 9.85. The zero-order chi connectivity index (χ0) is 13.8.